The van der Waals surface area contributed by atoms with Crippen molar-refractivity contribution in [3.63, 3.8) is 0 Å². The Bertz CT molecular complexity index is 1810. The molecule has 2 saturated heterocycles. The maximum absolute atomic E-state index is 17.9. The Morgan fingerprint density at radius 1 is 1.12 bits per heavy atom. The lowest BCUT2D eigenvalue weighted by Gasteiger charge is -2.57. The first kappa shape index (κ1) is 44.8. The average molecular weight is 851 g/mol. The number of allylic oxidation sites excluding steroid dienone is 5. The third kappa shape index (κ3) is 9.45. The van der Waals surface area contributed by atoms with Crippen LogP contribution in [0.15, 0.2) is 36.5 Å². The number of phosphoric acid groups is 2. The third-order valence-corrected chi connectivity index (χ3v) is 13.9. The molecule has 5 rings (SSSR count). The summed E-state index contributed by atoms with van der Waals surface area (Å²) in [5.74, 6) is -6.60. The van der Waals surface area contributed by atoms with Crippen molar-refractivity contribution in [2.45, 2.75) is 95.2 Å². The molecule has 18 nitrogen and oxygen atoms in total. The molecule has 0 aromatic rings. The number of phosphoric ester groups is 2. The van der Waals surface area contributed by atoms with Crippen LogP contribution in [0.2, 0.25) is 0 Å². The summed E-state index contributed by atoms with van der Waals surface area (Å²) < 4.78 is 83.9. The van der Waals surface area contributed by atoms with Gasteiger partial charge in [0.15, 0.2) is 17.2 Å². The Labute approximate surface area is 326 Å². The van der Waals surface area contributed by atoms with Gasteiger partial charge in [0.2, 0.25) is 5.91 Å². The van der Waals surface area contributed by atoms with Crippen LogP contribution in [0, 0.1) is 23.2 Å². The van der Waals surface area contributed by atoms with Crippen LogP contribution in [0.5, 0.6) is 0 Å². The summed E-state index contributed by atoms with van der Waals surface area (Å²) in [6.07, 6.45) is 1.80. The number of hydroxylamine groups is 2. The van der Waals surface area contributed by atoms with Crippen molar-refractivity contribution in [1.82, 2.24) is 10.4 Å². The highest BCUT2D eigenvalue weighted by atomic mass is 31.3. The maximum Gasteiger partial charge on any atom is 0.481 e. The largest absolute Gasteiger partial charge is 0.481 e. The number of carbonyl (C=O) groups is 6. The second-order valence-corrected chi connectivity index (χ2v) is 17.9. The monoisotopic (exact) mass is 850 g/mol. The van der Waals surface area contributed by atoms with E-state index in [1.54, 1.807) is 19.9 Å². The van der Waals surface area contributed by atoms with Gasteiger partial charge in [0, 0.05) is 43.6 Å². The molecule has 0 radical (unpaired) electrons. The van der Waals surface area contributed by atoms with E-state index >= 15 is 8.78 Å². The molecule has 2 heterocycles. The topological polar surface area (TPSA) is 248 Å². The number of Topliss-reactive ketones (excluding diaryl/α,β-unsaturated/α-hetero) is 1. The summed E-state index contributed by atoms with van der Waals surface area (Å²) in [5.41, 5.74) is -5.38. The van der Waals surface area contributed by atoms with Gasteiger partial charge in [0.05, 0.1) is 12.7 Å². The van der Waals surface area contributed by atoms with Crippen molar-refractivity contribution in [2.75, 3.05) is 26.6 Å². The number of alkyl halides is 2. The van der Waals surface area contributed by atoms with Crippen LogP contribution in [0.1, 0.15) is 71.6 Å². The number of imide groups is 1. The second kappa shape index (κ2) is 17.5. The van der Waals surface area contributed by atoms with Gasteiger partial charge in [-0.3, -0.25) is 33.0 Å². The number of rotatable bonds is 19. The lowest BCUT2D eigenvalue weighted by atomic mass is 9.50. The lowest BCUT2D eigenvalue weighted by molar-refractivity contribution is -0.197. The fourth-order valence-corrected chi connectivity index (χ4v) is 10.6. The molecule has 2 saturated carbocycles. The zero-order chi connectivity index (χ0) is 42.0. The molecule has 3 aliphatic carbocycles. The van der Waals surface area contributed by atoms with Crippen molar-refractivity contribution < 1.29 is 84.1 Å². The van der Waals surface area contributed by atoms with Crippen molar-refractivity contribution in [3.8, 4) is 0 Å². The molecule has 3 N–H and O–H groups in total. The van der Waals surface area contributed by atoms with E-state index in [9.17, 15) is 47.7 Å². The smallest absolute Gasteiger partial charge is 0.354 e. The molecule has 3 unspecified atom stereocenters. The first-order valence-corrected chi connectivity index (χ1v) is 21.3. The van der Waals surface area contributed by atoms with E-state index in [4.69, 9.17) is 14.0 Å². The summed E-state index contributed by atoms with van der Waals surface area (Å²) >= 11 is 0. The standard InChI is InChI=1S/C35H46F2N2O16P2/c1-4-6-21(2)35(37)24(17-26(36)25-16-23(40)11-12-33(25,35)3)22-15-28-34(18-22,51-20-50-28)27(41)19-53-57(48,49)55-56(46,47)52-14-13-38-29(42)7-5-8-32(45)54-39-30(43)9-10-31(39)44/h4,11-12,16,21-22,24,26,28H,1,5-10,13-15,17-20H2,2-3H3,(H,38,42)(H,46,47)(H,48,49)/t21-,22+,24-,26-,28+,33-,34?,35+/m0/s1. The number of hydrogen-bond acceptors (Lipinski definition) is 14. The van der Waals surface area contributed by atoms with Gasteiger partial charge in [-0.15, -0.1) is 11.6 Å². The van der Waals surface area contributed by atoms with Crippen LogP contribution in [-0.2, 0) is 65.6 Å². The molecule has 4 fully saturated rings. The number of hydrogen-bond donors (Lipinski definition) is 3. The minimum absolute atomic E-state index is 0.0319. The number of nitrogens with zero attached hydrogens (tertiary/aromatic N) is 1. The Balaban J connectivity index is 1.11. The van der Waals surface area contributed by atoms with Crippen molar-refractivity contribution >= 4 is 50.9 Å². The predicted octanol–water partition coefficient (Wildman–Crippen LogP) is 3.57. The average Bonchev–Trinajstić information content (AvgIpc) is 3.80. The number of nitrogens with one attached hydrogen (secondary N) is 1. The minimum Gasteiger partial charge on any atom is -0.354 e. The molecule has 3 amide bonds. The maximum atomic E-state index is 17.9. The van der Waals surface area contributed by atoms with E-state index < -0.39 is 111 Å². The van der Waals surface area contributed by atoms with Gasteiger partial charge >= 0.3 is 21.6 Å². The fourth-order valence-electron chi connectivity index (χ4n) is 8.61. The second-order valence-electron chi connectivity index (χ2n) is 14.8. The van der Waals surface area contributed by atoms with Crippen LogP contribution >= 0.6 is 15.6 Å². The number of fused-ring (bicyclic) bond motifs is 2. The first-order valence-electron chi connectivity index (χ1n) is 18.4. The number of amides is 3. The van der Waals surface area contributed by atoms with Gasteiger partial charge in [0.25, 0.3) is 11.8 Å². The van der Waals surface area contributed by atoms with Gasteiger partial charge in [0.1, 0.15) is 25.2 Å². The quantitative estimate of drug-likeness (QED) is 0.0728. The molecule has 316 valence electrons. The molecule has 5 aliphatic rings. The summed E-state index contributed by atoms with van der Waals surface area (Å²) in [5, 5.41) is 2.69. The van der Waals surface area contributed by atoms with Crippen LogP contribution in [0.25, 0.3) is 0 Å². The molecule has 0 aromatic heterocycles. The number of halogens is 2. The summed E-state index contributed by atoms with van der Waals surface area (Å²) in [7, 11) is -10.8. The molecule has 2 aliphatic heterocycles. The van der Waals surface area contributed by atoms with Gasteiger partial charge in [-0.05, 0) is 68.6 Å². The number of ketones is 2. The van der Waals surface area contributed by atoms with Crippen LogP contribution in [0.4, 0.5) is 8.78 Å². The zero-order valence-electron chi connectivity index (χ0n) is 31.3. The van der Waals surface area contributed by atoms with E-state index in [1.807, 2.05) is 0 Å². The lowest BCUT2D eigenvalue weighted by Crippen LogP contribution is -2.60. The SMILES string of the molecule is C=CC[C@H](C)[C@@]1(F)[C@H]([C@@H]2C[C@H]3OCOC3(C(=O)COP(=O)(O)OP(=O)(O)OCCNC(=O)CCCC(=O)ON3C(=O)CCC3=O)C2)C[C@H](F)C2=CC(=O)C=C[C@@]21C. The predicted molar refractivity (Wildman–Crippen MR) is 189 cm³/mol. The van der Waals surface area contributed by atoms with Crippen LogP contribution in [0.3, 0.4) is 0 Å². The third-order valence-electron chi connectivity index (χ3n) is 11.3. The molecule has 0 aromatic carbocycles. The van der Waals surface area contributed by atoms with Gasteiger partial charge < -0.3 is 29.4 Å². The Morgan fingerprint density at radius 3 is 2.49 bits per heavy atom. The first-order chi connectivity index (χ1) is 26.7. The minimum atomic E-state index is -5.47. The van der Waals surface area contributed by atoms with E-state index in [0.29, 0.717) is 5.06 Å². The summed E-state index contributed by atoms with van der Waals surface area (Å²) in [6, 6.07) is 0. The Kier molecular flexibility index (Phi) is 13.7. The van der Waals surface area contributed by atoms with Crippen molar-refractivity contribution in [2.24, 2.45) is 23.2 Å². The Morgan fingerprint density at radius 2 is 1.81 bits per heavy atom. The van der Waals surface area contributed by atoms with Gasteiger partial charge in [-0.2, -0.15) is 4.31 Å². The Hall–Kier alpha value is -3.32. The molecular formula is C35H46F2N2O16P2. The van der Waals surface area contributed by atoms with Crippen LogP contribution < -0.4 is 5.32 Å². The van der Waals surface area contributed by atoms with E-state index in [-0.39, 0.29) is 76.7 Å². The van der Waals surface area contributed by atoms with Gasteiger partial charge in [-0.1, -0.05) is 19.1 Å². The van der Waals surface area contributed by atoms with E-state index in [1.165, 1.54) is 12.2 Å². The highest BCUT2D eigenvalue weighted by Gasteiger charge is 2.68. The molecule has 22 heteroatoms. The van der Waals surface area contributed by atoms with Gasteiger partial charge in [-0.25, -0.2) is 22.7 Å². The zero-order valence-corrected chi connectivity index (χ0v) is 33.1. The number of ether oxygens (including phenoxy) is 2. The normalized spacial score (nSPS) is 33.5. The van der Waals surface area contributed by atoms with E-state index in [2.05, 4.69) is 25.6 Å². The molecule has 0 spiro atoms. The molecular weight excluding hydrogens is 804 g/mol. The molecule has 10 atom stereocenters. The molecule has 57 heavy (non-hydrogen) atoms. The van der Waals surface area contributed by atoms with Crippen molar-refractivity contribution in [3.05, 3.63) is 36.5 Å². The van der Waals surface area contributed by atoms with Crippen molar-refractivity contribution in [1.29, 1.82) is 0 Å². The highest BCUT2D eigenvalue weighted by molar-refractivity contribution is 7.61. The summed E-state index contributed by atoms with van der Waals surface area (Å²) in [4.78, 5) is 97.7. The highest BCUT2D eigenvalue weighted by Crippen LogP contribution is 2.64. The van der Waals surface area contributed by atoms with E-state index in [0.717, 1.165) is 6.08 Å². The number of carbonyl (C=O) groups excluding carboxylic acids is 6. The molecule has 0 bridgehead atoms. The van der Waals surface area contributed by atoms with Crippen LogP contribution in [-0.4, -0.2) is 100 Å². The fraction of sp³-hybridized carbons (Fsp3) is 0.657. The summed E-state index contributed by atoms with van der Waals surface area (Å²) in [6.45, 7) is 4.37.